The maximum absolute atomic E-state index is 5.25. The molecule has 3 rings (SSSR count). The third-order valence-electron chi connectivity index (χ3n) is 5.15. The van der Waals surface area contributed by atoms with E-state index < -0.39 is 0 Å². The standard InChI is InChI=1S/C16H27N3OS/c1-4-14-12(2)21-15(18-14)16(17-7-10-20-3)6-9-19-8-5-13(16)11-19/h13,17H,4-11H2,1-3H3. The molecule has 0 aromatic carbocycles. The molecule has 0 radical (unpaired) electrons. The lowest BCUT2D eigenvalue weighted by Gasteiger charge is -2.42. The van der Waals surface area contributed by atoms with E-state index in [0.717, 1.165) is 19.6 Å². The zero-order chi connectivity index (χ0) is 14.9. The summed E-state index contributed by atoms with van der Waals surface area (Å²) in [5, 5.41) is 5.16. The molecule has 21 heavy (non-hydrogen) atoms. The molecule has 2 saturated heterocycles. The van der Waals surface area contributed by atoms with E-state index in [9.17, 15) is 0 Å². The van der Waals surface area contributed by atoms with Crippen LogP contribution >= 0.6 is 11.3 Å². The Labute approximate surface area is 131 Å². The summed E-state index contributed by atoms with van der Waals surface area (Å²) in [6.45, 7) is 9.76. The first-order chi connectivity index (χ1) is 10.2. The number of nitrogens with one attached hydrogen (secondary N) is 1. The Kier molecular flexibility index (Phi) is 4.64. The van der Waals surface area contributed by atoms with E-state index in [4.69, 9.17) is 9.72 Å². The van der Waals surface area contributed by atoms with Crippen molar-refractivity contribution in [3.05, 3.63) is 15.6 Å². The molecule has 2 fully saturated rings. The van der Waals surface area contributed by atoms with Gasteiger partial charge in [-0.25, -0.2) is 4.98 Å². The minimum Gasteiger partial charge on any atom is -0.383 e. The number of hydrogen-bond acceptors (Lipinski definition) is 5. The molecule has 2 aliphatic rings. The number of thiazole rings is 1. The van der Waals surface area contributed by atoms with Gasteiger partial charge in [0, 0.05) is 31.6 Å². The van der Waals surface area contributed by atoms with Crippen LogP contribution in [0, 0.1) is 12.8 Å². The molecule has 0 amide bonds. The Hall–Kier alpha value is -0.490. The molecule has 5 heteroatoms. The molecule has 4 nitrogen and oxygen atoms in total. The van der Waals surface area contributed by atoms with Crippen LogP contribution < -0.4 is 5.32 Å². The maximum atomic E-state index is 5.25. The number of ether oxygens (including phenoxy) is 1. The highest BCUT2D eigenvalue weighted by Crippen LogP contribution is 2.44. The second kappa shape index (κ2) is 6.32. The van der Waals surface area contributed by atoms with Crippen LogP contribution in [0.1, 0.15) is 35.3 Å². The summed E-state index contributed by atoms with van der Waals surface area (Å²) in [4.78, 5) is 9.01. The van der Waals surface area contributed by atoms with Gasteiger partial charge in [0.05, 0.1) is 17.8 Å². The van der Waals surface area contributed by atoms with Crippen LogP contribution in [0.3, 0.4) is 0 Å². The fourth-order valence-electron chi connectivity index (χ4n) is 3.89. The van der Waals surface area contributed by atoms with Gasteiger partial charge in [-0.15, -0.1) is 11.3 Å². The number of aromatic nitrogens is 1. The highest BCUT2D eigenvalue weighted by atomic mass is 32.1. The monoisotopic (exact) mass is 309 g/mol. The van der Waals surface area contributed by atoms with Gasteiger partial charge in [0.2, 0.25) is 0 Å². The molecule has 0 saturated carbocycles. The SMILES string of the molecule is CCc1nc(C2(NCCOC)CCN3CCC2C3)sc1C. The van der Waals surface area contributed by atoms with E-state index in [2.05, 4.69) is 24.1 Å². The number of rotatable bonds is 6. The molecular formula is C16H27N3OS. The lowest BCUT2D eigenvalue weighted by molar-refractivity contribution is 0.112. The molecule has 3 unspecified atom stereocenters. The summed E-state index contributed by atoms with van der Waals surface area (Å²) in [7, 11) is 1.77. The van der Waals surface area contributed by atoms with Crippen molar-refractivity contribution in [3.8, 4) is 0 Å². The number of piperidine rings is 1. The van der Waals surface area contributed by atoms with Gasteiger partial charge < -0.3 is 15.0 Å². The summed E-state index contributed by atoms with van der Waals surface area (Å²) in [5.41, 5.74) is 1.36. The van der Waals surface area contributed by atoms with Gasteiger partial charge in [0.1, 0.15) is 5.01 Å². The van der Waals surface area contributed by atoms with Crippen LogP contribution in [0.4, 0.5) is 0 Å². The fraction of sp³-hybridized carbons (Fsp3) is 0.812. The van der Waals surface area contributed by atoms with Crippen molar-refractivity contribution >= 4 is 11.3 Å². The Morgan fingerprint density at radius 3 is 3.05 bits per heavy atom. The first kappa shape index (κ1) is 15.4. The summed E-state index contributed by atoms with van der Waals surface area (Å²) in [6.07, 6.45) is 3.50. The quantitative estimate of drug-likeness (QED) is 0.817. The van der Waals surface area contributed by atoms with Crippen molar-refractivity contribution in [1.29, 1.82) is 0 Å². The van der Waals surface area contributed by atoms with Gasteiger partial charge in [0.25, 0.3) is 0 Å². The third-order valence-corrected chi connectivity index (χ3v) is 6.34. The number of methoxy groups -OCH3 is 1. The second-order valence-electron chi connectivity index (χ2n) is 6.30. The van der Waals surface area contributed by atoms with Gasteiger partial charge in [-0.3, -0.25) is 0 Å². The molecule has 0 spiro atoms. The average Bonchev–Trinajstić information content (AvgIpc) is 3.07. The third kappa shape index (κ3) is 2.77. The summed E-state index contributed by atoms with van der Waals surface area (Å²) in [6, 6.07) is 0. The van der Waals surface area contributed by atoms with E-state index in [1.807, 2.05) is 11.3 Å². The van der Waals surface area contributed by atoms with E-state index in [1.54, 1.807) is 7.11 Å². The zero-order valence-electron chi connectivity index (χ0n) is 13.4. The Balaban J connectivity index is 1.90. The van der Waals surface area contributed by atoms with Gasteiger partial charge in [-0.05, 0) is 38.6 Å². The van der Waals surface area contributed by atoms with E-state index in [-0.39, 0.29) is 5.54 Å². The maximum Gasteiger partial charge on any atom is 0.114 e. The minimum atomic E-state index is 0.0778. The Morgan fingerprint density at radius 1 is 1.48 bits per heavy atom. The van der Waals surface area contributed by atoms with Crippen LogP contribution in [-0.2, 0) is 16.7 Å². The van der Waals surface area contributed by atoms with Crippen molar-refractivity contribution in [2.24, 2.45) is 5.92 Å². The number of aryl methyl sites for hydroxylation is 2. The van der Waals surface area contributed by atoms with E-state index >= 15 is 0 Å². The summed E-state index contributed by atoms with van der Waals surface area (Å²) >= 11 is 1.91. The van der Waals surface area contributed by atoms with Crippen molar-refractivity contribution in [3.63, 3.8) is 0 Å². The molecule has 3 heterocycles. The molecular weight excluding hydrogens is 282 g/mol. The smallest absolute Gasteiger partial charge is 0.114 e. The van der Waals surface area contributed by atoms with Crippen LogP contribution in [0.2, 0.25) is 0 Å². The van der Waals surface area contributed by atoms with Crippen LogP contribution in [0.15, 0.2) is 0 Å². The number of fused-ring (bicyclic) bond motifs is 2. The first-order valence-corrected chi connectivity index (χ1v) is 8.94. The Bertz CT molecular complexity index is 490. The van der Waals surface area contributed by atoms with E-state index in [1.165, 1.54) is 48.1 Å². The first-order valence-electron chi connectivity index (χ1n) is 8.12. The highest BCUT2D eigenvalue weighted by Gasteiger charge is 2.48. The molecule has 0 aliphatic carbocycles. The lowest BCUT2D eigenvalue weighted by Crippen LogP contribution is -2.54. The molecule has 118 valence electrons. The molecule has 1 aromatic rings. The molecule has 1 N–H and O–H groups in total. The zero-order valence-corrected chi connectivity index (χ0v) is 14.3. The second-order valence-corrected chi connectivity index (χ2v) is 7.51. The van der Waals surface area contributed by atoms with Gasteiger partial charge in [-0.2, -0.15) is 0 Å². The molecule has 1 aromatic heterocycles. The van der Waals surface area contributed by atoms with Crippen LogP contribution in [0.25, 0.3) is 0 Å². The molecule has 3 atom stereocenters. The minimum absolute atomic E-state index is 0.0778. The normalized spacial score (nSPS) is 31.8. The predicted octanol–water partition coefficient (Wildman–Crippen LogP) is 2.17. The average molecular weight is 309 g/mol. The topological polar surface area (TPSA) is 37.4 Å². The molecule has 2 aliphatic heterocycles. The van der Waals surface area contributed by atoms with Crippen molar-refractivity contribution in [2.45, 2.75) is 38.6 Å². The van der Waals surface area contributed by atoms with Crippen LogP contribution in [0.5, 0.6) is 0 Å². The van der Waals surface area contributed by atoms with Gasteiger partial charge in [-0.1, -0.05) is 6.92 Å². The van der Waals surface area contributed by atoms with Crippen molar-refractivity contribution in [2.75, 3.05) is 39.9 Å². The van der Waals surface area contributed by atoms with Gasteiger partial charge >= 0.3 is 0 Å². The fourth-order valence-corrected chi connectivity index (χ4v) is 5.17. The van der Waals surface area contributed by atoms with Crippen LogP contribution in [-0.4, -0.2) is 49.8 Å². The highest BCUT2D eigenvalue weighted by molar-refractivity contribution is 7.11. The number of nitrogens with zero attached hydrogens (tertiary/aromatic N) is 2. The Morgan fingerprint density at radius 2 is 2.33 bits per heavy atom. The predicted molar refractivity (Wildman–Crippen MR) is 86.9 cm³/mol. The number of hydrogen-bond donors (Lipinski definition) is 1. The van der Waals surface area contributed by atoms with Crippen molar-refractivity contribution in [1.82, 2.24) is 15.2 Å². The van der Waals surface area contributed by atoms with Crippen molar-refractivity contribution < 1.29 is 4.74 Å². The molecule has 2 bridgehead atoms. The lowest BCUT2D eigenvalue weighted by atomic mass is 9.79. The van der Waals surface area contributed by atoms with Gasteiger partial charge in [0.15, 0.2) is 0 Å². The van der Waals surface area contributed by atoms with E-state index in [0.29, 0.717) is 5.92 Å². The summed E-state index contributed by atoms with van der Waals surface area (Å²) < 4.78 is 5.25. The largest absolute Gasteiger partial charge is 0.383 e. The summed E-state index contributed by atoms with van der Waals surface area (Å²) in [5.74, 6) is 0.693.